The summed E-state index contributed by atoms with van der Waals surface area (Å²) in [7, 11) is 1.63. The average Bonchev–Trinajstić information content (AvgIpc) is 3.04. The second-order valence-corrected chi connectivity index (χ2v) is 5.55. The molecule has 0 bridgehead atoms. The Balaban J connectivity index is 1.83. The van der Waals surface area contributed by atoms with Gasteiger partial charge in [0.2, 0.25) is 0 Å². The molecule has 0 fully saturated rings. The van der Waals surface area contributed by atoms with E-state index in [0.29, 0.717) is 11.6 Å². The molecule has 0 aliphatic carbocycles. The van der Waals surface area contributed by atoms with Crippen LogP contribution in [-0.2, 0) is 13.2 Å². The number of aliphatic hydroxyl groups excluding tert-OH is 1. The summed E-state index contributed by atoms with van der Waals surface area (Å²) in [4.78, 5) is 0. The van der Waals surface area contributed by atoms with Gasteiger partial charge in [-0.25, -0.2) is 4.68 Å². The Morgan fingerprint density at radius 3 is 2.65 bits per heavy atom. The van der Waals surface area contributed by atoms with Gasteiger partial charge in [0.25, 0.3) is 0 Å². The van der Waals surface area contributed by atoms with Crippen molar-refractivity contribution < 1.29 is 9.84 Å². The quantitative estimate of drug-likeness (QED) is 0.781. The highest BCUT2D eigenvalue weighted by Gasteiger charge is 2.08. The Bertz CT molecular complexity index is 800. The van der Waals surface area contributed by atoms with Gasteiger partial charge in [0.05, 0.1) is 26.5 Å². The topological polar surface area (TPSA) is 60.2 Å². The highest BCUT2D eigenvalue weighted by Crippen LogP contribution is 2.24. The molecular formula is C17H16ClN3O2. The molecule has 2 aromatic carbocycles. The summed E-state index contributed by atoms with van der Waals surface area (Å²) in [6, 6.07) is 13.1. The maximum Gasteiger partial charge on any atom is 0.124 e. The first-order chi connectivity index (χ1) is 11.2. The van der Waals surface area contributed by atoms with Crippen LogP contribution < -0.4 is 4.74 Å². The molecule has 0 radical (unpaired) electrons. The number of hydrogen-bond donors (Lipinski definition) is 1. The Labute approximate surface area is 139 Å². The maximum absolute atomic E-state index is 9.08. The van der Waals surface area contributed by atoms with Crippen LogP contribution in [0.4, 0.5) is 0 Å². The van der Waals surface area contributed by atoms with Crippen molar-refractivity contribution in [2.45, 2.75) is 13.2 Å². The molecule has 1 aromatic heterocycles. The molecule has 0 atom stereocenters. The van der Waals surface area contributed by atoms with E-state index >= 15 is 0 Å². The number of halogens is 1. The zero-order valence-electron chi connectivity index (χ0n) is 12.6. The van der Waals surface area contributed by atoms with E-state index in [4.69, 9.17) is 21.4 Å². The number of benzene rings is 2. The van der Waals surface area contributed by atoms with Crippen molar-refractivity contribution in [2.75, 3.05) is 7.11 Å². The molecule has 0 aliphatic heterocycles. The molecule has 0 amide bonds. The summed E-state index contributed by atoms with van der Waals surface area (Å²) in [5.41, 5.74) is 3.53. The lowest BCUT2D eigenvalue weighted by Gasteiger charge is -2.08. The predicted octanol–water partition coefficient (Wildman–Crippen LogP) is 3.15. The van der Waals surface area contributed by atoms with Crippen LogP contribution in [0.25, 0.3) is 11.3 Å². The molecule has 0 unspecified atom stereocenters. The second kappa shape index (κ2) is 6.81. The predicted molar refractivity (Wildman–Crippen MR) is 88.5 cm³/mol. The second-order valence-electron chi connectivity index (χ2n) is 5.11. The number of hydrogen-bond acceptors (Lipinski definition) is 4. The van der Waals surface area contributed by atoms with Crippen molar-refractivity contribution in [3.8, 4) is 17.0 Å². The van der Waals surface area contributed by atoms with E-state index in [1.54, 1.807) is 17.9 Å². The minimum Gasteiger partial charge on any atom is -0.496 e. The van der Waals surface area contributed by atoms with E-state index in [0.717, 1.165) is 28.1 Å². The van der Waals surface area contributed by atoms with Crippen LogP contribution in [-0.4, -0.2) is 27.2 Å². The zero-order chi connectivity index (χ0) is 16.2. The van der Waals surface area contributed by atoms with E-state index in [9.17, 15) is 0 Å². The molecule has 3 rings (SSSR count). The molecule has 1 N–H and O–H groups in total. The lowest BCUT2D eigenvalue weighted by Crippen LogP contribution is -2.02. The van der Waals surface area contributed by atoms with Gasteiger partial charge in [0.15, 0.2) is 0 Å². The molecule has 1 heterocycles. The normalized spacial score (nSPS) is 10.7. The number of nitrogens with zero attached hydrogens (tertiary/aromatic N) is 3. The van der Waals surface area contributed by atoms with Crippen LogP contribution in [0.3, 0.4) is 0 Å². The van der Waals surface area contributed by atoms with Crippen LogP contribution in [0.15, 0.2) is 48.7 Å². The van der Waals surface area contributed by atoms with Gasteiger partial charge in [0.1, 0.15) is 11.4 Å². The van der Waals surface area contributed by atoms with E-state index in [-0.39, 0.29) is 6.61 Å². The van der Waals surface area contributed by atoms with Crippen molar-refractivity contribution in [3.63, 3.8) is 0 Å². The van der Waals surface area contributed by atoms with E-state index in [2.05, 4.69) is 10.3 Å². The molecule has 3 aromatic rings. The van der Waals surface area contributed by atoms with E-state index in [1.807, 2.05) is 42.6 Å². The summed E-state index contributed by atoms with van der Waals surface area (Å²) >= 11 is 6.05. The van der Waals surface area contributed by atoms with Gasteiger partial charge in [-0.05, 0) is 23.8 Å². The molecular weight excluding hydrogens is 314 g/mol. The first-order valence-corrected chi connectivity index (χ1v) is 7.50. The lowest BCUT2D eigenvalue weighted by atomic mass is 10.1. The molecule has 0 aliphatic rings. The molecule has 0 spiro atoms. The minimum atomic E-state index is 0.0293. The summed E-state index contributed by atoms with van der Waals surface area (Å²) in [5, 5.41) is 18.1. The largest absolute Gasteiger partial charge is 0.496 e. The fourth-order valence-electron chi connectivity index (χ4n) is 2.33. The number of ether oxygens (including phenoxy) is 1. The molecule has 23 heavy (non-hydrogen) atoms. The van der Waals surface area contributed by atoms with Gasteiger partial charge < -0.3 is 9.84 Å². The Hall–Kier alpha value is -2.37. The fourth-order valence-corrected chi connectivity index (χ4v) is 2.53. The smallest absolute Gasteiger partial charge is 0.124 e. The molecule has 5 nitrogen and oxygen atoms in total. The van der Waals surface area contributed by atoms with E-state index < -0.39 is 0 Å². The third kappa shape index (κ3) is 3.52. The number of aromatic nitrogens is 3. The highest BCUT2D eigenvalue weighted by atomic mass is 35.5. The summed E-state index contributed by atoms with van der Waals surface area (Å²) in [6.07, 6.45) is 1.87. The molecule has 6 heteroatoms. The van der Waals surface area contributed by atoms with Gasteiger partial charge in [-0.2, -0.15) is 0 Å². The van der Waals surface area contributed by atoms with Gasteiger partial charge in [-0.1, -0.05) is 41.1 Å². The van der Waals surface area contributed by atoms with E-state index in [1.165, 1.54) is 0 Å². The monoisotopic (exact) mass is 329 g/mol. The SMILES string of the molecule is COc1ccc(Cl)cc1Cn1cc(-c2ccc(CO)cc2)nn1. The Morgan fingerprint density at radius 1 is 1.17 bits per heavy atom. The molecule has 0 saturated carbocycles. The van der Waals surface area contributed by atoms with Crippen molar-refractivity contribution in [3.05, 3.63) is 64.8 Å². The van der Waals surface area contributed by atoms with Crippen molar-refractivity contribution in [2.24, 2.45) is 0 Å². The van der Waals surface area contributed by atoms with Gasteiger partial charge in [-0.15, -0.1) is 5.10 Å². The minimum absolute atomic E-state index is 0.0293. The Morgan fingerprint density at radius 2 is 1.96 bits per heavy atom. The van der Waals surface area contributed by atoms with Crippen LogP contribution in [0.5, 0.6) is 5.75 Å². The van der Waals surface area contributed by atoms with Gasteiger partial charge in [-0.3, -0.25) is 0 Å². The molecule has 0 saturated heterocycles. The first-order valence-electron chi connectivity index (χ1n) is 7.12. The van der Waals surface area contributed by atoms with Crippen LogP contribution >= 0.6 is 11.6 Å². The zero-order valence-corrected chi connectivity index (χ0v) is 13.4. The maximum atomic E-state index is 9.08. The van der Waals surface area contributed by atoms with Crippen molar-refractivity contribution >= 4 is 11.6 Å². The summed E-state index contributed by atoms with van der Waals surface area (Å²) in [5.74, 6) is 0.763. The highest BCUT2D eigenvalue weighted by molar-refractivity contribution is 6.30. The molecule has 118 valence electrons. The number of methoxy groups -OCH3 is 1. The van der Waals surface area contributed by atoms with Crippen LogP contribution in [0.2, 0.25) is 5.02 Å². The summed E-state index contributed by atoms with van der Waals surface area (Å²) < 4.78 is 7.09. The summed E-state index contributed by atoms with van der Waals surface area (Å²) in [6.45, 7) is 0.549. The number of aliphatic hydroxyl groups is 1. The standard InChI is InChI=1S/C17H16ClN3O2/c1-23-17-7-6-15(18)8-14(17)9-21-10-16(19-20-21)13-4-2-12(11-22)3-5-13/h2-8,10,22H,9,11H2,1H3. The van der Waals surface area contributed by atoms with Gasteiger partial charge in [0, 0.05) is 16.1 Å². The van der Waals surface area contributed by atoms with Crippen molar-refractivity contribution in [1.82, 2.24) is 15.0 Å². The van der Waals surface area contributed by atoms with Crippen LogP contribution in [0, 0.1) is 0 Å². The lowest BCUT2D eigenvalue weighted by molar-refractivity contribution is 0.282. The first kappa shape index (κ1) is 15.5. The number of rotatable bonds is 5. The van der Waals surface area contributed by atoms with Crippen molar-refractivity contribution in [1.29, 1.82) is 0 Å². The third-order valence-corrected chi connectivity index (χ3v) is 3.78. The average molecular weight is 330 g/mol. The fraction of sp³-hybridized carbons (Fsp3) is 0.176. The van der Waals surface area contributed by atoms with Gasteiger partial charge >= 0.3 is 0 Å². The van der Waals surface area contributed by atoms with Crippen LogP contribution in [0.1, 0.15) is 11.1 Å². The third-order valence-electron chi connectivity index (χ3n) is 3.55. The Kier molecular flexibility index (Phi) is 4.60.